The van der Waals surface area contributed by atoms with Crippen molar-refractivity contribution >= 4 is 22.6 Å². The highest BCUT2D eigenvalue weighted by molar-refractivity contribution is 5.94. The van der Waals surface area contributed by atoms with Gasteiger partial charge in [-0.15, -0.1) is 0 Å². The third-order valence-corrected chi connectivity index (χ3v) is 3.35. The molecular weight excluding hydrogens is 332 g/mol. The maximum absolute atomic E-state index is 12.3. The Labute approximate surface area is 138 Å². The van der Waals surface area contributed by atoms with Crippen LogP contribution in [0.25, 0.3) is 11.0 Å². The number of para-hydroxylation sites is 1. The fourth-order valence-electron chi connectivity index (χ4n) is 2.26. The van der Waals surface area contributed by atoms with Crippen molar-refractivity contribution in [3.8, 4) is 5.75 Å². The lowest BCUT2D eigenvalue weighted by Gasteiger charge is -2.05. The molecule has 126 valence electrons. The number of fused-ring (bicyclic) bond motifs is 1. The van der Waals surface area contributed by atoms with E-state index >= 15 is 0 Å². The van der Waals surface area contributed by atoms with E-state index < -0.39 is 39.1 Å². The van der Waals surface area contributed by atoms with E-state index in [0.29, 0.717) is 5.39 Å². The zero-order valence-corrected chi connectivity index (χ0v) is 12.8. The van der Waals surface area contributed by atoms with Gasteiger partial charge in [0.15, 0.2) is 0 Å². The van der Waals surface area contributed by atoms with E-state index in [1.54, 1.807) is 24.3 Å². The predicted octanol–water partition coefficient (Wildman–Crippen LogP) is 1.92. The molecule has 3 rings (SSSR count). The Morgan fingerprint density at radius 2 is 1.96 bits per heavy atom. The first-order valence-electron chi connectivity index (χ1n) is 7.00. The quantitative estimate of drug-likeness (QED) is 0.333. The van der Waals surface area contributed by atoms with Gasteiger partial charge in [-0.1, -0.05) is 18.2 Å². The molecule has 0 bridgehead atoms. The highest BCUT2D eigenvalue weighted by Gasteiger charge is 2.25. The van der Waals surface area contributed by atoms with Crippen molar-refractivity contribution in [1.82, 2.24) is 4.98 Å². The molecule has 0 saturated carbocycles. The number of nitrogens with zero attached hydrogens (tertiary/aromatic N) is 1. The number of aromatic nitrogens is 1. The second-order valence-corrected chi connectivity index (χ2v) is 5.13. The van der Waals surface area contributed by atoms with Gasteiger partial charge in [0.05, 0.1) is 4.92 Å². The Kier molecular flexibility index (Phi) is 3.89. The van der Waals surface area contributed by atoms with Gasteiger partial charge < -0.3 is 14.1 Å². The number of nitro groups is 1. The molecule has 3 aromatic rings. The Hall–Kier alpha value is -3.75. The SMILES string of the molecule is Cc1cc(OC(=O)c2cc3ccccc3oc2=O)c([N+](=O)[O-])c(=O)[nH]1. The van der Waals surface area contributed by atoms with Crippen LogP contribution in [0.2, 0.25) is 0 Å². The number of carbonyl (C=O) groups is 1. The lowest BCUT2D eigenvalue weighted by molar-refractivity contribution is -0.387. The van der Waals surface area contributed by atoms with E-state index in [9.17, 15) is 24.5 Å². The molecular formula is C16H10N2O7. The molecule has 0 radical (unpaired) electrons. The average Bonchev–Trinajstić information content (AvgIpc) is 2.52. The van der Waals surface area contributed by atoms with Gasteiger partial charge in [0.2, 0.25) is 5.75 Å². The summed E-state index contributed by atoms with van der Waals surface area (Å²) in [5.74, 6) is -1.71. The number of H-pyrrole nitrogens is 1. The first kappa shape index (κ1) is 16.1. The zero-order valence-electron chi connectivity index (χ0n) is 12.8. The molecule has 0 amide bonds. The number of benzene rings is 1. The van der Waals surface area contributed by atoms with Crippen LogP contribution in [0.3, 0.4) is 0 Å². The van der Waals surface area contributed by atoms with Crippen LogP contribution in [0, 0.1) is 17.0 Å². The third-order valence-electron chi connectivity index (χ3n) is 3.35. The highest BCUT2D eigenvalue weighted by atomic mass is 16.6. The summed E-state index contributed by atoms with van der Waals surface area (Å²) in [7, 11) is 0. The monoisotopic (exact) mass is 342 g/mol. The first-order chi connectivity index (χ1) is 11.9. The molecule has 0 spiro atoms. The van der Waals surface area contributed by atoms with Crippen LogP contribution in [0.4, 0.5) is 5.69 Å². The van der Waals surface area contributed by atoms with Crippen LogP contribution >= 0.6 is 0 Å². The molecule has 9 heteroatoms. The molecule has 0 aliphatic heterocycles. The van der Waals surface area contributed by atoms with E-state index in [1.807, 2.05) is 0 Å². The molecule has 9 nitrogen and oxygen atoms in total. The summed E-state index contributed by atoms with van der Waals surface area (Å²) in [4.78, 5) is 48.2. The number of pyridine rings is 1. The minimum atomic E-state index is -1.16. The molecule has 25 heavy (non-hydrogen) atoms. The summed E-state index contributed by atoms with van der Waals surface area (Å²) in [5, 5.41) is 11.5. The van der Waals surface area contributed by atoms with Gasteiger partial charge in [0.25, 0.3) is 0 Å². The van der Waals surface area contributed by atoms with E-state index in [-0.39, 0.29) is 11.3 Å². The van der Waals surface area contributed by atoms with Gasteiger partial charge in [-0.25, -0.2) is 9.59 Å². The van der Waals surface area contributed by atoms with Gasteiger partial charge in [-0.05, 0) is 19.1 Å². The van der Waals surface area contributed by atoms with Crippen molar-refractivity contribution in [3.63, 3.8) is 0 Å². The Morgan fingerprint density at radius 1 is 1.24 bits per heavy atom. The van der Waals surface area contributed by atoms with E-state index in [0.717, 1.165) is 6.07 Å². The minimum Gasteiger partial charge on any atom is -0.422 e. The largest absolute Gasteiger partial charge is 0.422 e. The Bertz CT molecular complexity index is 1130. The molecule has 0 saturated heterocycles. The van der Waals surface area contributed by atoms with Gasteiger partial charge in [-0.3, -0.25) is 14.9 Å². The summed E-state index contributed by atoms with van der Waals surface area (Å²) in [5.41, 5.74) is -2.80. The second-order valence-electron chi connectivity index (χ2n) is 5.13. The molecule has 2 aromatic heterocycles. The summed E-state index contributed by atoms with van der Waals surface area (Å²) in [6.45, 7) is 1.47. The number of hydrogen-bond acceptors (Lipinski definition) is 7. The fraction of sp³-hybridized carbons (Fsp3) is 0.0625. The van der Waals surface area contributed by atoms with Gasteiger partial charge in [0, 0.05) is 17.1 Å². The molecule has 0 fully saturated rings. The molecule has 1 aromatic carbocycles. The third kappa shape index (κ3) is 3.02. The Balaban J connectivity index is 2.07. The van der Waals surface area contributed by atoms with Crippen LogP contribution in [0.15, 0.2) is 50.4 Å². The van der Waals surface area contributed by atoms with Crippen molar-refractivity contribution in [3.05, 3.63) is 78.5 Å². The maximum atomic E-state index is 12.3. The van der Waals surface area contributed by atoms with Crippen LogP contribution in [0.5, 0.6) is 5.75 Å². The van der Waals surface area contributed by atoms with Crippen molar-refractivity contribution in [2.75, 3.05) is 0 Å². The van der Waals surface area contributed by atoms with Crippen LogP contribution in [-0.4, -0.2) is 15.9 Å². The van der Waals surface area contributed by atoms with E-state index in [4.69, 9.17) is 9.15 Å². The van der Waals surface area contributed by atoms with Crippen molar-refractivity contribution < 1.29 is 18.9 Å². The van der Waals surface area contributed by atoms with E-state index in [2.05, 4.69) is 4.98 Å². The molecule has 0 aliphatic rings. The van der Waals surface area contributed by atoms with Gasteiger partial charge >= 0.3 is 22.8 Å². The maximum Gasteiger partial charge on any atom is 0.376 e. The molecule has 0 unspecified atom stereocenters. The molecule has 1 N–H and O–H groups in total. The smallest absolute Gasteiger partial charge is 0.376 e. The van der Waals surface area contributed by atoms with Crippen molar-refractivity contribution in [2.24, 2.45) is 0 Å². The topological polar surface area (TPSA) is 133 Å². The predicted molar refractivity (Wildman–Crippen MR) is 85.9 cm³/mol. The van der Waals surface area contributed by atoms with Crippen molar-refractivity contribution in [2.45, 2.75) is 6.92 Å². The Morgan fingerprint density at radius 3 is 2.68 bits per heavy atom. The highest BCUT2D eigenvalue weighted by Crippen LogP contribution is 2.24. The lowest BCUT2D eigenvalue weighted by Crippen LogP contribution is -2.21. The van der Waals surface area contributed by atoms with Gasteiger partial charge in [0.1, 0.15) is 11.1 Å². The number of nitrogens with one attached hydrogen (secondary N) is 1. The minimum absolute atomic E-state index is 0.254. The number of esters is 1. The average molecular weight is 342 g/mol. The summed E-state index contributed by atoms with van der Waals surface area (Å²) < 4.78 is 9.94. The van der Waals surface area contributed by atoms with Crippen LogP contribution < -0.4 is 15.9 Å². The number of carbonyl (C=O) groups excluding carboxylic acids is 1. The number of ether oxygens (including phenoxy) is 1. The number of rotatable bonds is 3. The molecule has 0 atom stereocenters. The van der Waals surface area contributed by atoms with E-state index in [1.165, 1.54) is 13.0 Å². The summed E-state index contributed by atoms with van der Waals surface area (Å²) >= 11 is 0. The summed E-state index contributed by atoms with van der Waals surface area (Å²) in [6.07, 6.45) is 0. The molecule has 2 heterocycles. The number of hydrogen-bond donors (Lipinski definition) is 1. The summed E-state index contributed by atoms with van der Waals surface area (Å²) in [6, 6.07) is 8.90. The van der Waals surface area contributed by atoms with Crippen LogP contribution in [0.1, 0.15) is 16.1 Å². The lowest BCUT2D eigenvalue weighted by atomic mass is 10.2. The zero-order chi connectivity index (χ0) is 18.1. The fourth-order valence-corrected chi connectivity index (χ4v) is 2.26. The first-order valence-corrected chi connectivity index (χ1v) is 7.00. The second kappa shape index (κ2) is 6.04. The van der Waals surface area contributed by atoms with Crippen LogP contribution in [-0.2, 0) is 0 Å². The normalized spacial score (nSPS) is 10.6. The molecule has 0 aliphatic carbocycles. The number of aryl methyl sites for hydroxylation is 1. The standard InChI is InChI=1S/C16H10N2O7/c1-8-6-12(13(18(22)23)14(19)17-8)25-16(21)10-7-9-4-2-3-5-11(9)24-15(10)20/h2-7H,1H3,(H,17,19). The van der Waals surface area contributed by atoms with Crippen molar-refractivity contribution in [1.29, 1.82) is 0 Å². The van der Waals surface area contributed by atoms with Gasteiger partial charge in [-0.2, -0.15) is 0 Å². The number of aromatic amines is 1.